The van der Waals surface area contributed by atoms with E-state index in [1.54, 1.807) is 0 Å². The number of nitrogens with one attached hydrogen (secondary N) is 1. The molecule has 0 spiro atoms. The molecule has 2 aromatic rings. The van der Waals surface area contributed by atoms with Crippen molar-refractivity contribution in [2.75, 3.05) is 11.1 Å². The highest BCUT2D eigenvalue weighted by molar-refractivity contribution is 8.01. The normalized spacial score (nSPS) is 10.2. The Kier molecular flexibility index (Phi) is 4.47. The monoisotopic (exact) mass is 313 g/mol. The number of amides is 1. The minimum atomic E-state index is -0.405. The van der Waals surface area contributed by atoms with E-state index < -0.39 is 5.91 Å². The van der Waals surface area contributed by atoms with Crippen LogP contribution in [0.4, 0.5) is 5.13 Å². The van der Waals surface area contributed by atoms with E-state index >= 15 is 0 Å². The second-order valence-corrected chi connectivity index (χ2v) is 6.01. The van der Waals surface area contributed by atoms with E-state index in [-0.39, 0.29) is 11.0 Å². The lowest BCUT2D eigenvalue weighted by Crippen LogP contribution is -2.10. The SMILES string of the molecule is Cc1nc(NC(=O)c2ccc(Cl)o2)sc1SCC#N. The van der Waals surface area contributed by atoms with Crippen LogP contribution in [0, 0.1) is 18.3 Å². The molecule has 0 aliphatic rings. The smallest absolute Gasteiger partial charge is 0.293 e. The number of furan rings is 1. The number of rotatable bonds is 4. The Morgan fingerprint density at radius 2 is 2.47 bits per heavy atom. The lowest BCUT2D eigenvalue weighted by molar-refractivity contribution is 0.0997. The predicted molar refractivity (Wildman–Crippen MR) is 74.9 cm³/mol. The van der Waals surface area contributed by atoms with Gasteiger partial charge in [-0.05, 0) is 30.7 Å². The lowest BCUT2D eigenvalue weighted by Gasteiger charge is -1.96. The van der Waals surface area contributed by atoms with Crippen LogP contribution >= 0.6 is 34.7 Å². The summed E-state index contributed by atoms with van der Waals surface area (Å²) in [4.78, 5) is 16.0. The summed E-state index contributed by atoms with van der Waals surface area (Å²) in [7, 11) is 0. The summed E-state index contributed by atoms with van der Waals surface area (Å²) in [6, 6.07) is 5.03. The van der Waals surface area contributed by atoms with Crippen LogP contribution in [0.25, 0.3) is 0 Å². The van der Waals surface area contributed by atoms with Crippen molar-refractivity contribution in [1.29, 1.82) is 5.26 Å². The molecule has 98 valence electrons. The summed E-state index contributed by atoms with van der Waals surface area (Å²) >= 11 is 8.32. The maximum absolute atomic E-state index is 11.8. The number of carbonyl (C=O) groups is 1. The summed E-state index contributed by atoms with van der Waals surface area (Å²) < 4.78 is 5.91. The van der Waals surface area contributed by atoms with Crippen LogP contribution in [0.15, 0.2) is 20.8 Å². The van der Waals surface area contributed by atoms with E-state index in [0.29, 0.717) is 10.9 Å². The highest BCUT2D eigenvalue weighted by Crippen LogP contribution is 2.32. The molecular weight excluding hydrogens is 306 g/mol. The number of nitriles is 1. The first-order valence-electron chi connectivity index (χ1n) is 5.14. The van der Waals surface area contributed by atoms with Crippen molar-refractivity contribution in [3.05, 3.63) is 28.8 Å². The summed E-state index contributed by atoms with van der Waals surface area (Å²) in [6.07, 6.45) is 0. The summed E-state index contributed by atoms with van der Waals surface area (Å²) in [5.41, 5.74) is 0.790. The van der Waals surface area contributed by atoms with Gasteiger partial charge in [0.05, 0.1) is 21.7 Å². The molecule has 2 rings (SSSR count). The van der Waals surface area contributed by atoms with Crippen molar-refractivity contribution in [3.8, 4) is 6.07 Å². The molecule has 0 aromatic carbocycles. The van der Waals surface area contributed by atoms with E-state index in [0.717, 1.165) is 9.90 Å². The second-order valence-electron chi connectivity index (χ2n) is 3.40. The van der Waals surface area contributed by atoms with Gasteiger partial charge in [-0.25, -0.2) is 4.98 Å². The Balaban J connectivity index is 2.07. The number of thioether (sulfide) groups is 1. The molecule has 0 atom stereocenters. The van der Waals surface area contributed by atoms with E-state index in [1.807, 2.05) is 13.0 Å². The van der Waals surface area contributed by atoms with Crippen LogP contribution in [0.3, 0.4) is 0 Å². The van der Waals surface area contributed by atoms with Gasteiger partial charge in [-0.2, -0.15) is 5.26 Å². The minimum Gasteiger partial charge on any atom is -0.440 e. The number of halogens is 1. The second kappa shape index (κ2) is 6.10. The van der Waals surface area contributed by atoms with E-state index in [4.69, 9.17) is 21.3 Å². The molecule has 2 heterocycles. The number of hydrogen-bond donors (Lipinski definition) is 1. The zero-order valence-electron chi connectivity index (χ0n) is 9.77. The van der Waals surface area contributed by atoms with Crippen LogP contribution in [-0.2, 0) is 0 Å². The van der Waals surface area contributed by atoms with Gasteiger partial charge in [-0.3, -0.25) is 10.1 Å². The summed E-state index contributed by atoms with van der Waals surface area (Å²) in [5.74, 6) is 0.0751. The largest absolute Gasteiger partial charge is 0.440 e. The lowest BCUT2D eigenvalue weighted by atomic mass is 10.4. The summed E-state index contributed by atoms with van der Waals surface area (Å²) in [6.45, 7) is 1.83. The van der Waals surface area contributed by atoms with Crippen molar-refractivity contribution >= 4 is 45.7 Å². The van der Waals surface area contributed by atoms with Gasteiger partial charge in [-0.1, -0.05) is 23.1 Å². The van der Waals surface area contributed by atoms with Gasteiger partial charge in [0, 0.05) is 0 Å². The van der Waals surface area contributed by atoms with Gasteiger partial charge >= 0.3 is 0 Å². The number of carbonyl (C=O) groups excluding carboxylic acids is 1. The maximum Gasteiger partial charge on any atom is 0.293 e. The molecule has 0 radical (unpaired) electrons. The molecule has 19 heavy (non-hydrogen) atoms. The molecule has 8 heteroatoms. The van der Waals surface area contributed by atoms with Crippen LogP contribution in [0.2, 0.25) is 5.22 Å². The van der Waals surface area contributed by atoms with Crippen LogP contribution in [0.5, 0.6) is 0 Å². The fourth-order valence-electron chi connectivity index (χ4n) is 1.26. The fourth-order valence-corrected chi connectivity index (χ4v) is 3.20. The number of aromatic nitrogens is 1. The molecule has 1 N–H and O–H groups in total. The Bertz CT molecular complexity index is 645. The molecule has 0 bridgehead atoms. The minimum absolute atomic E-state index is 0.129. The average molecular weight is 314 g/mol. The molecule has 2 aromatic heterocycles. The van der Waals surface area contributed by atoms with Crippen LogP contribution in [0.1, 0.15) is 16.2 Å². The van der Waals surface area contributed by atoms with E-state index in [1.165, 1.54) is 35.2 Å². The van der Waals surface area contributed by atoms with Gasteiger partial charge in [0.1, 0.15) is 0 Å². The maximum atomic E-state index is 11.8. The fraction of sp³-hybridized carbons (Fsp3) is 0.182. The van der Waals surface area contributed by atoms with Crippen molar-refractivity contribution in [1.82, 2.24) is 4.98 Å². The quantitative estimate of drug-likeness (QED) is 0.873. The van der Waals surface area contributed by atoms with Gasteiger partial charge < -0.3 is 4.42 Å². The molecule has 0 saturated carbocycles. The molecule has 0 fully saturated rings. The Morgan fingerprint density at radius 3 is 3.11 bits per heavy atom. The van der Waals surface area contributed by atoms with Crippen LogP contribution < -0.4 is 5.32 Å². The van der Waals surface area contributed by atoms with Crippen molar-refractivity contribution in [2.45, 2.75) is 11.1 Å². The zero-order valence-corrected chi connectivity index (χ0v) is 12.2. The third kappa shape index (κ3) is 3.50. The van der Waals surface area contributed by atoms with E-state index in [9.17, 15) is 4.79 Å². The predicted octanol–water partition coefficient (Wildman–Crippen LogP) is 3.57. The molecular formula is C11H8ClN3O2S2. The molecule has 0 unspecified atom stereocenters. The first-order chi connectivity index (χ1) is 9.10. The highest BCUT2D eigenvalue weighted by Gasteiger charge is 2.14. The van der Waals surface area contributed by atoms with Crippen molar-refractivity contribution in [2.24, 2.45) is 0 Å². The standard InChI is InChI=1S/C11H8ClN3O2S2/c1-6-10(18-5-4-13)19-11(14-6)15-9(16)7-2-3-8(12)17-7/h2-3H,5H2,1H3,(H,14,15,16). The van der Waals surface area contributed by atoms with Gasteiger partial charge in [0.2, 0.25) is 0 Å². The number of anilines is 1. The van der Waals surface area contributed by atoms with Crippen LogP contribution in [-0.4, -0.2) is 16.6 Å². The Hall–Kier alpha value is -1.49. The van der Waals surface area contributed by atoms with Gasteiger partial charge in [0.15, 0.2) is 16.1 Å². The molecule has 0 saturated heterocycles. The van der Waals surface area contributed by atoms with E-state index in [2.05, 4.69) is 10.3 Å². The number of thiazole rings is 1. The topological polar surface area (TPSA) is 78.9 Å². The number of hydrogen-bond acceptors (Lipinski definition) is 6. The first-order valence-corrected chi connectivity index (χ1v) is 7.32. The zero-order chi connectivity index (χ0) is 13.8. The number of aryl methyl sites for hydroxylation is 1. The number of nitrogens with zero attached hydrogens (tertiary/aromatic N) is 2. The average Bonchev–Trinajstić information content (AvgIpc) is 2.93. The van der Waals surface area contributed by atoms with Gasteiger partial charge in [0.25, 0.3) is 5.91 Å². The summed E-state index contributed by atoms with van der Waals surface area (Å²) in [5, 5.41) is 11.8. The van der Waals surface area contributed by atoms with Crippen molar-refractivity contribution in [3.63, 3.8) is 0 Å². The molecule has 0 aliphatic heterocycles. The third-order valence-corrected chi connectivity index (χ3v) is 4.54. The molecule has 1 amide bonds. The first kappa shape index (κ1) is 13.9. The third-order valence-electron chi connectivity index (χ3n) is 2.04. The van der Waals surface area contributed by atoms with Gasteiger partial charge in [-0.15, -0.1) is 0 Å². The van der Waals surface area contributed by atoms with Crippen molar-refractivity contribution < 1.29 is 9.21 Å². The Labute approximate surface area is 122 Å². The Morgan fingerprint density at radius 1 is 1.68 bits per heavy atom. The highest BCUT2D eigenvalue weighted by atomic mass is 35.5. The molecule has 5 nitrogen and oxygen atoms in total. The molecule has 0 aliphatic carbocycles.